The number of carbonyl (C=O) groups is 2. The molecule has 2 aromatic rings. The first-order valence-corrected chi connectivity index (χ1v) is 9.77. The van der Waals surface area contributed by atoms with E-state index in [2.05, 4.69) is 15.5 Å². The lowest BCUT2D eigenvalue weighted by molar-refractivity contribution is -0.133. The van der Waals surface area contributed by atoms with Crippen molar-refractivity contribution < 1.29 is 14.3 Å². The second kappa shape index (κ2) is 9.87. The Bertz CT molecular complexity index is 778. The molecular formula is C20H27N5O3. The third-order valence-electron chi connectivity index (χ3n) is 4.88. The summed E-state index contributed by atoms with van der Waals surface area (Å²) in [5, 5.41) is 10.5. The van der Waals surface area contributed by atoms with E-state index in [4.69, 9.17) is 4.74 Å². The standard InChI is InChI=1S/C20H27N5O3/c1-2-28-18-7-3-6-17(11-18)20(27)21-12-16-5-4-9-25(13-16)19(26)8-10-24-14-22-23-15-24/h3,6-7,11,14-16H,2,4-5,8-10,12-13H2,1H3,(H,21,27). The van der Waals surface area contributed by atoms with Crippen molar-refractivity contribution in [3.8, 4) is 5.75 Å². The highest BCUT2D eigenvalue weighted by Crippen LogP contribution is 2.18. The Kier molecular flexibility index (Phi) is 7.00. The van der Waals surface area contributed by atoms with E-state index in [9.17, 15) is 9.59 Å². The summed E-state index contributed by atoms with van der Waals surface area (Å²) >= 11 is 0. The molecule has 2 amide bonds. The zero-order chi connectivity index (χ0) is 19.8. The molecular weight excluding hydrogens is 358 g/mol. The first kappa shape index (κ1) is 19.9. The lowest BCUT2D eigenvalue weighted by Gasteiger charge is -2.33. The lowest BCUT2D eigenvalue weighted by Crippen LogP contribution is -2.43. The van der Waals surface area contributed by atoms with Crippen LogP contribution in [0.5, 0.6) is 5.75 Å². The summed E-state index contributed by atoms with van der Waals surface area (Å²) in [6.07, 6.45) is 5.62. The van der Waals surface area contributed by atoms with Crippen molar-refractivity contribution in [1.29, 1.82) is 0 Å². The SMILES string of the molecule is CCOc1cccc(C(=O)NCC2CCCN(C(=O)CCn3cnnc3)C2)c1. The van der Waals surface area contributed by atoms with Crippen LogP contribution in [-0.4, -0.2) is 57.7 Å². The zero-order valence-corrected chi connectivity index (χ0v) is 16.2. The van der Waals surface area contributed by atoms with Crippen LogP contribution >= 0.6 is 0 Å². The molecule has 1 fully saturated rings. The minimum Gasteiger partial charge on any atom is -0.494 e. The van der Waals surface area contributed by atoms with Crippen LogP contribution in [0.1, 0.15) is 36.5 Å². The minimum atomic E-state index is -0.113. The normalized spacial score (nSPS) is 16.6. The van der Waals surface area contributed by atoms with Gasteiger partial charge < -0.3 is 19.5 Å². The number of carbonyl (C=O) groups excluding carboxylic acids is 2. The highest BCUT2D eigenvalue weighted by molar-refractivity contribution is 5.94. The molecule has 8 heteroatoms. The van der Waals surface area contributed by atoms with Crippen molar-refractivity contribution in [1.82, 2.24) is 25.0 Å². The molecule has 1 aliphatic heterocycles. The van der Waals surface area contributed by atoms with Gasteiger partial charge in [-0.25, -0.2) is 0 Å². The summed E-state index contributed by atoms with van der Waals surface area (Å²) in [6, 6.07) is 7.18. The van der Waals surface area contributed by atoms with Gasteiger partial charge in [0.1, 0.15) is 18.4 Å². The van der Waals surface area contributed by atoms with Crippen molar-refractivity contribution in [3.05, 3.63) is 42.5 Å². The number of rotatable bonds is 8. The van der Waals surface area contributed by atoms with Crippen LogP contribution in [0.25, 0.3) is 0 Å². The maximum Gasteiger partial charge on any atom is 0.251 e. The molecule has 1 aromatic carbocycles. The molecule has 3 rings (SSSR count). The summed E-state index contributed by atoms with van der Waals surface area (Å²) in [6.45, 7) is 5.08. The Morgan fingerprint density at radius 1 is 1.29 bits per heavy atom. The van der Waals surface area contributed by atoms with Crippen molar-refractivity contribution in [2.45, 2.75) is 32.7 Å². The van der Waals surface area contributed by atoms with E-state index in [0.717, 1.165) is 19.4 Å². The molecule has 0 bridgehead atoms. The molecule has 1 atom stereocenters. The molecule has 1 aromatic heterocycles. The third kappa shape index (κ3) is 5.55. The third-order valence-corrected chi connectivity index (χ3v) is 4.88. The average Bonchev–Trinajstić information content (AvgIpc) is 3.24. The second-order valence-corrected chi connectivity index (χ2v) is 6.97. The van der Waals surface area contributed by atoms with Crippen LogP contribution in [0.15, 0.2) is 36.9 Å². The van der Waals surface area contributed by atoms with Crippen molar-refractivity contribution >= 4 is 11.8 Å². The van der Waals surface area contributed by atoms with E-state index in [1.54, 1.807) is 29.4 Å². The van der Waals surface area contributed by atoms with Gasteiger partial charge in [-0.15, -0.1) is 10.2 Å². The lowest BCUT2D eigenvalue weighted by atomic mass is 9.97. The number of aromatic nitrogens is 3. The zero-order valence-electron chi connectivity index (χ0n) is 16.2. The van der Waals surface area contributed by atoms with Crippen LogP contribution in [0.2, 0.25) is 0 Å². The van der Waals surface area contributed by atoms with E-state index in [0.29, 0.717) is 44.0 Å². The molecule has 1 aliphatic rings. The van der Waals surface area contributed by atoms with Gasteiger partial charge in [0, 0.05) is 38.2 Å². The molecule has 0 saturated carbocycles. The number of hydrogen-bond donors (Lipinski definition) is 1. The summed E-state index contributed by atoms with van der Waals surface area (Å²) in [5.74, 6) is 0.982. The summed E-state index contributed by atoms with van der Waals surface area (Å²) in [7, 11) is 0. The molecule has 0 aliphatic carbocycles. The molecule has 8 nitrogen and oxygen atoms in total. The summed E-state index contributed by atoms with van der Waals surface area (Å²) in [4.78, 5) is 26.8. The summed E-state index contributed by atoms with van der Waals surface area (Å²) in [5.41, 5.74) is 0.587. The maximum absolute atomic E-state index is 12.5. The maximum atomic E-state index is 12.5. The number of likely N-dealkylation sites (tertiary alicyclic amines) is 1. The van der Waals surface area contributed by atoms with E-state index < -0.39 is 0 Å². The van der Waals surface area contributed by atoms with Crippen LogP contribution < -0.4 is 10.1 Å². The number of nitrogens with one attached hydrogen (secondary N) is 1. The molecule has 1 saturated heterocycles. The van der Waals surface area contributed by atoms with Crippen molar-refractivity contribution in [2.24, 2.45) is 5.92 Å². The summed E-state index contributed by atoms with van der Waals surface area (Å²) < 4.78 is 7.25. The number of hydrogen-bond acceptors (Lipinski definition) is 5. The molecule has 1 N–H and O–H groups in total. The number of ether oxygens (including phenoxy) is 1. The highest BCUT2D eigenvalue weighted by Gasteiger charge is 2.24. The van der Waals surface area contributed by atoms with Crippen molar-refractivity contribution in [3.63, 3.8) is 0 Å². The molecule has 1 unspecified atom stereocenters. The second-order valence-electron chi connectivity index (χ2n) is 6.97. The first-order valence-electron chi connectivity index (χ1n) is 9.77. The van der Waals surface area contributed by atoms with Crippen LogP contribution in [0.4, 0.5) is 0 Å². The Balaban J connectivity index is 1.46. The van der Waals surface area contributed by atoms with E-state index in [-0.39, 0.29) is 17.7 Å². The quantitative estimate of drug-likeness (QED) is 0.748. The largest absolute Gasteiger partial charge is 0.494 e. The predicted octanol–water partition coefficient (Wildman–Crippen LogP) is 1.74. The Morgan fingerprint density at radius 2 is 2.11 bits per heavy atom. The van der Waals surface area contributed by atoms with E-state index >= 15 is 0 Å². The molecule has 0 radical (unpaired) electrons. The van der Waals surface area contributed by atoms with Crippen molar-refractivity contribution in [2.75, 3.05) is 26.2 Å². The predicted molar refractivity (Wildman–Crippen MR) is 104 cm³/mol. The minimum absolute atomic E-state index is 0.113. The fourth-order valence-electron chi connectivity index (χ4n) is 3.41. The van der Waals surface area contributed by atoms with Gasteiger partial charge >= 0.3 is 0 Å². The van der Waals surface area contributed by atoms with Crippen LogP contribution in [0, 0.1) is 5.92 Å². The number of aryl methyl sites for hydroxylation is 1. The van der Waals surface area contributed by atoms with E-state index in [1.165, 1.54) is 0 Å². The fraction of sp³-hybridized carbons (Fsp3) is 0.500. The van der Waals surface area contributed by atoms with Crippen LogP contribution in [-0.2, 0) is 11.3 Å². The van der Waals surface area contributed by atoms with Gasteiger partial charge in [-0.1, -0.05) is 6.07 Å². The molecule has 150 valence electrons. The monoisotopic (exact) mass is 385 g/mol. The smallest absolute Gasteiger partial charge is 0.251 e. The molecule has 0 spiro atoms. The van der Waals surface area contributed by atoms with Gasteiger partial charge in [-0.2, -0.15) is 0 Å². The van der Waals surface area contributed by atoms with Gasteiger partial charge in [0.2, 0.25) is 5.91 Å². The fourth-order valence-corrected chi connectivity index (χ4v) is 3.41. The Labute approximate surface area is 164 Å². The highest BCUT2D eigenvalue weighted by atomic mass is 16.5. The Hall–Kier alpha value is -2.90. The number of nitrogens with zero attached hydrogens (tertiary/aromatic N) is 4. The number of piperidine rings is 1. The van der Waals surface area contributed by atoms with Gasteiger partial charge in [0.15, 0.2) is 0 Å². The Morgan fingerprint density at radius 3 is 2.89 bits per heavy atom. The van der Waals surface area contributed by atoms with Crippen LogP contribution in [0.3, 0.4) is 0 Å². The number of amides is 2. The van der Waals surface area contributed by atoms with Gasteiger partial charge in [-0.3, -0.25) is 9.59 Å². The first-order chi connectivity index (χ1) is 13.7. The molecule has 28 heavy (non-hydrogen) atoms. The van der Waals surface area contributed by atoms with Gasteiger partial charge in [0.05, 0.1) is 6.61 Å². The number of benzene rings is 1. The van der Waals surface area contributed by atoms with Gasteiger partial charge in [-0.05, 0) is 43.9 Å². The van der Waals surface area contributed by atoms with Gasteiger partial charge in [0.25, 0.3) is 5.91 Å². The average molecular weight is 385 g/mol. The van der Waals surface area contributed by atoms with E-state index in [1.807, 2.05) is 24.0 Å². The topological polar surface area (TPSA) is 89.4 Å². The molecule has 2 heterocycles.